The van der Waals surface area contributed by atoms with Gasteiger partial charge < -0.3 is 10.2 Å². The summed E-state index contributed by atoms with van der Waals surface area (Å²) < 4.78 is 0. The molecule has 1 heterocycles. The zero-order valence-corrected chi connectivity index (χ0v) is 13.0. The van der Waals surface area contributed by atoms with Gasteiger partial charge in [0.25, 0.3) is 0 Å². The first-order valence-corrected chi connectivity index (χ1v) is 8.33. The summed E-state index contributed by atoms with van der Waals surface area (Å²) in [7, 11) is 0. The van der Waals surface area contributed by atoms with Gasteiger partial charge in [-0.05, 0) is 43.2 Å². The topological polar surface area (TPSA) is 49.4 Å². The fraction of sp³-hybridized carbons (Fsp3) is 0.556. The van der Waals surface area contributed by atoms with Gasteiger partial charge in [-0.15, -0.1) is 0 Å². The Morgan fingerprint density at radius 3 is 2.41 bits per heavy atom. The number of nitrogens with one attached hydrogen (secondary N) is 1. The number of amides is 2. The number of benzene rings is 1. The second-order valence-corrected chi connectivity index (χ2v) is 6.61. The number of likely N-dealkylation sites (tertiary alicyclic amines) is 1. The van der Waals surface area contributed by atoms with Gasteiger partial charge in [0.2, 0.25) is 11.8 Å². The van der Waals surface area contributed by atoms with Gasteiger partial charge in [0.15, 0.2) is 0 Å². The van der Waals surface area contributed by atoms with Gasteiger partial charge in [-0.3, -0.25) is 9.59 Å². The lowest BCUT2D eigenvalue weighted by molar-refractivity contribution is -0.136. The van der Waals surface area contributed by atoms with Crippen molar-refractivity contribution in [3.63, 3.8) is 0 Å². The molecule has 4 nitrogen and oxygen atoms in total. The van der Waals surface area contributed by atoms with E-state index in [1.165, 1.54) is 25.7 Å². The molecule has 0 aromatic heterocycles. The standard InChI is InChI=1S/C18H24N2O2/c21-17(19-16-7-2-1-3-8-16)9-10-18(22)20-12-14-5-4-6-15(11-14)13-20/h1-3,7-8,14-15H,4-6,9-13H2,(H,19,21)/t14-,15-/m0/s1. The molecule has 1 aliphatic heterocycles. The van der Waals surface area contributed by atoms with Crippen LogP contribution in [0.4, 0.5) is 5.69 Å². The van der Waals surface area contributed by atoms with Crippen LogP contribution in [-0.2, 0) is 9.59 Å². The highest BCUT2D eigenvalue weighted by molar-refractivity contribution is 5.93. The molecule has 1 aromatic rings. The Kier molecular flexibility index (Phi) is 4.76. The molecule has 2 aliphatic rings. The number of piperidine rings is 1. The average Bonchev–Trinajstić information content (AvgIpc) is 2.53. The number of hydrogen-bond donors (Lipinski definition) is 1. The molecule has 22 heavy (non-hydrogen) atoms. The van der Waals surface area contributed by atoms with Gasteiger partial charge in [-0.2, -0.15) is 0 Å². The summed E-state index contributed by atoms with van der Waals surface area (Å²) in [5, 5.41) is 2.83. The first kappa shape index (κ1) is 15.1. The summed E-state index contributed by atoms with van der Waals surface area (Å²) in [4.78, 5) is 26.2. The van der Waals surface area contributed by atoms with Crippen molar-refractivity contribution in [1.29, 1.82) is 0 Å². The summed E-state index contributed by atoms with van der Waals surface area (Å²) in [6.45, 7) is 1.80. The lowest BCUT2D eigenvalue weighted by atomic mass is 9.78. The minimum absolute atomic E-state index is 0.0863. The summed E-state index contributed by atoms with van der Waals surface area (Å²) >= 11 is 0. The molecule has 0 unspecified atom stereocenters. The molecular weight excluding hydrogens is 276 g/mol. The average molecular weight is 300 g/mol. The Morgan fingerprint density at radius 1 is 1.05 bits per heavy atom. The van der Waals surface area contributed by atoms with Crippen molar-refractivity contribution >= 4 is 17.5 Å². The fourth-order valence-corrected chi connectivity index (χ4v) is 3.76. The van der Waals surface area contributed by atoms with E-state index in [9.17, 15) is 9.59 Å². The van der Waals surface area contributed by atoms with E-state index in [4.69, 9.17) is 0 Å². The minimum Gasteiger partial charge on any atom is -0.342 e. The van der Waals surface area contributed by atoms with Crippen molar-refractivity contribution in [2.45, 2.75) is 38.5 Å². The van der Waals surface area contributed by atoms with Crippen molar-refractivity contribution in [2.24, 2.45) is 11.8 Å². The van der Waals surface area contributed by atoms with Crippen LogP contribution < -0.4 is 5.32 Å². The van der Waals surface area contributed by atoms with Crippen LogP contribution in [0.25, 0.3) is 0 Å². The van der Waals surface area contributed by atoms with E-state index in [1.54, 1.807) is 0 Å². The summed E-state index contributed by atoms with van der Waals surface area (Å²) in [6, 6.07) is 9.38. The second kappa shape index (κ2) is 6.95. The third-order valence-electron chi connectivity index (χ3n) is 4.82. The number of rotatable bonds is 4. The molecule has 1 N–H and O–H groups in total. The highest BCUT2D eigenvalue weighted by atomic mass is 16.2. The van der Waals surface area contributed by atoms with Crippen LogP contribution in [0.15, 0.2) is 30.3 Å². The van der Waals surface area contributed by atoms with E-state index >= 15 is 0 Å². The van der Waals surface area contributed by atoms with E-state index in [0.29, 0.717) is 18.3 Å². The first-order chi connectivity index (χ1) is 10.7. The molecule has 1 saturated carbocycles. The molecule has 1 saturated heterocycles. The minimum atomic E-state index is -0.0863. The summed E-state index contributed by atoms with van der Waals surface area (Å²) in [6.07, 6.45) is 5.70. The van der Waals surface area contributed by atoms with Crippen molar-refractivity contribution in [2.75, 3.05) is 18.4 Å². The van der Waals surface area contributed by atoms with Crippen LogP contribution in [-0.4, -0.2) is 29.8 Å². The Hall–Kier alpha value is -1.84. The predicted molar refractivity (Wildman–Crippen MR) is 86.3 cm³/mol. The zero-order chi connectivity index (χ0) is 15.4. The van der Waals surface area contributed by atoms with E-state index in [2.05, 4.69) is 5.32 Å². The van der Waals surface area contributed by atoms with Crippen LogP contribution in [0.1, 0.15) is 38.5 Å². The van der Waals surface area contributed by atoms with Gasteiger partial charge in [0, 0.05) is 31.6 Å². The maximum absolute atomic E-state index is 12.3. The number of anilines is 1. The Bertz CT molecular complexity index is 517. The lowest BCUT2D eigenvalue weighted by Crippen LogP contribution is -2.45. The number of para-hydroxylation sites is 1. The largest absolute Gasteiger partial charge is 0.342 e. The number of carbonyl (C=O) groups is 2. The summed E-state index contributed by atoms with van der Waals surface area (Å²) in [5.74, 6) is 1.43. The molecule has 1 aliphatic carbocycles. The molecule has 2 atom stereocenters. The van der Waals surface area contributed by atoms with E-state index in [1.807, 2.05) is 35.2 Å². The number of hydrogen-bond acceptors (Lipinski definition) is 2. The van der Waals surface area contributed by atoms with Crippen LogP contribution in [0.3, 0.4) is 0 Å². The molecule has 1 aromatic carbocycles. The third kappa shape index (κ3) is 3.87. The van der Waals surface area contributed by atoms with Crippen molar-refractivity contribution < 1.29 is 9.59 Å². The molecule has 2 bridgehead atoms. The highest BCUT2D eigenvalue weighted by Gasteiger charge is 2.32. The van der Waals surface area contributed by atoms with Gasteiger partial charge in [0.1, 0.15) is 0 Å². The number of nitrogens with zero attached hydrogens (tertiary/aromatic N) is 1. The number of carbonyl (C=O) groups excluding carboxylic acids is 2. The quantitative estimate of drug-likeness (QED) is 0.929. The van der Waals surface area contributed by atoms with Gasteiger partial charge in [-0.1, -0.05) is 24.6 Å². The number of fused-ring (bicyclic) bond motifs is 2. The smallest absolute Gasteiger partial charge is 0.224 e. The fourth-order valence-electron chi connectivity index (χ4n) is 3.76. The maximum atomic E-state index is 12.3. The maximum Gasteiger partial charge on any atom is 0.224 e. The van der Waals surface area contributed by atoms with Gasteiger partial charge >= 0.3 is 0 Å². The SMILES string of the molecule is O=C(CCC(=O)N1C[C@H]2CCC[C@@H](C2)C1)Nc1ccccc1. The Balaban J connectivity index is 1.45. The lowest BCUT2D eigenvalue weighted by Gasteiger charge is -2.41. The van der Waals surface area contributed by atoms with Crippen LogP contribution in [0.2, 0.25) is 0 Å². The normalized spacial score (nSPS) is 23.9. The molecule has 4 heteroatoms. The van der Waals surface area contributed by atoms with E-state index < -0.39 is 0 Å². The Labute approximate surface area is 131 Å². The monoisotopic (exact) mass is 300 g/mol. The predicted octanol–water partition coefficient (Wildman–Crippen LogP) is 3.05. The molecule has 0 radical (unpaired) electrons. The highest BCUT2D eigenvalue weighted by Crippen LogP contribution is 2.34. The molecule has 0 spiro atoms. The molecule has 2 fully saturated rings. The second-order valence-electron chi connectivity index (χ2n) is 6.61. The Morgan fingerprint density at radius 2 is 1.73 bits per heavy atom. The van der Waals surface area contributed by atoms with Crippen LogP contribution in [0.5, 0.6) is 0 Å². The summed E-state index contributed by atoms with van der Waals surface area (Å²) in [5.41, 5.74) is 0.785. The van der Waals surface area contributed by atoms with Crippen molar-refractivity contribution in [1.82, 2.24) is 4.90 Å². The molecule has 118 valence electrons. The van der Waals surface area contributed by atoms with Crippen LogP contribution >= 0.6 is 0 Å². The van der Waals surface area contributed by atoms with Gasteiger partial charge in [0.05, 0.1) is 0 Å². The zero-order valence-electron chi connectivity index (χ0n) is 13.0. The van der Waals surface area contributed by atoms with Crippen LogP contribution in [0, 0.1) is 11.8 Å². The first-order valence-electron chi connectivity index (χ1n) is 8.33. The van der Waals surface area contributed by atoms with Gasteiger partial charge in [-0.25, -0.2) is 0 Å². The van der Waals surface area contributed by atoms with Crippen molar-refractivity contribution in [3.05, 3.63) is 30.3 Å². The van der Waals surface area contributed by atoms with E-state index in [0.717, 1.165) is 18.8 Å². The molecule has 2 amide bonds. The van der Waals surface area contributed by atoms with E-state index in [-0.39, 0.29) is 18.2 Å². The molecular formula is C18H24N2O2. The van der Waals surface area contributed by atoms with Crippen molar-refractivity contribution in [3.8, 4) is 0 Å². The third-order valence-corrected chi connectivity index (χ3v) is 4.82. The molecule has 3 rings (SSSR count).